The van der Waals surface area contributed by atoms with Gasteiger partial charge in [-0.25, -0.2) is 0 Å². The third-order valence-electron chi connectivity index (χ3n) is 8.39. The van der Waals surface area contributed by atoms with Crippen LogP contribution in [-0.2, 0) is 10.6 Å². The molecular weight excluding hydrogens is 720 g/mol. The molecule has 0 unspecified atom stereocenters. The van der Waals surface area contributed by atoms with Crippen molar-refractivity contribution >= 4 is 53.2 Å². The molecule has 0 saturated heterocycles. The van der Waals surface area contributed by atoms with E-state index in [0.29, 0.717) is 21.6 Å². The Morgan fingerprint density at radius 2 is 1.41 bits per heavy atom. The Kier molecular flexibility index (Phi) is 6.92. The van der Waals surface area contributed by atoms with Gasteiger partial charge in [-0.3, -0.25) is 0 Å². The number of fused-ring (bicyclic) bond motifs is 6. The molecule has 1 N–H and O–H groups in total. The number of aromatic amines is 1. The fourth-order valence-corrected chi connectivity index (χ4v) is 12.9. The van der Waals surface area contributed by atoms with Crippen LogP contribution < -0.4 is 0 Å². The Morgan fingerprint density at radius 3 is 2.22 bits per heavy atom. The topological polar surface area (TPSA) is 54.5 Å². The minimum atomic E-state index is -4.41. The Labute approximate surface area is 275 Å². The summed E-state index contributed by atoms with van der Waals surface area (Å²) in [5.41, 5.74) is 8.04. The fraction of sp³-hybridized carbons (Fsp3) is 0.108. The van der Waals surface area contributed by atoms with E-state index in [1.165, 1.54) is 17.5 Å². The van der Waals surface area contributed by atoms with Gasteiger partial charge in [0.2, 0.25) is 0 Å². The van der Waals surface area contributed by atoms with Gasteiger partial charge in [0.1, 0.15) is 0 Å². The van der Waals surface area contributed by atoms with Gasteiger partial charge >= 0.3 is 276 Å². The number of para-hydroxylation sites is 1. The predicted octanol–water partition coefficient (Wildman–Crippen LogP) is 10.9. The second-order valence-electron chi connectivity index (χ2n) is 11.4. The normalized spacial score (nSPS) is 13.4. The predicted molar refractivity (Wildman–Crippen MR) is 187 cm³/mol. The van der Waals surface area contributed by atoms with Crippen LogP contribution in [-0.4, -0.2) is 19.9 Å². The van der Waals surface area contributed by atoms with Crippen LogP contribution in [0.1, 0.15) is 22.5 Å². The van der Waals surface area contributed by atoms with Crippen LogP contribution in [0.3, 0.4) is 0 Å². The van der Waals surface area contributed by atoms with Crippen molar-refractivity contribution < 1.29 is 13.2 Å². The third-order valence-corrected chi connectivity index (χ3v) is 14.8. The van der Waals surface area contributed by atoms with E-state index in [0.717, 1.165) is 56.9 Å². The van der Waals surface area contributed by atoms with E-state index in [1.807, 2.05) is 25.1 Å². The fourth-order valence-electron chi connectivity index (χ4n) is 6.23. The number of benzene rings is 5. The first-order valence-electron chi connectivity index (χ1n) is 14.6. The molecule has 8 rings (SSSR count). The van der Waals surface area contributed by atoms with E-state index in [-0.39, 0.29) is 5.28 Å². The average Bonchev–Trinajstić information content (AvgIpc) is 3.54. The number of rotatable bonds is 4. The maximum atomic E-state index is 13.8. The van der Waals surface area contributed by atoms with Crippen molar-refractivity contribution in [3.8, 4) is 33.6 Å². The van der Waals surface area contributed by atoms with Gasteiger partial charge < -0.3 is 0 Å². The Balaban J connectivity index is 1.27. The molecule has 0 radical (unpaired) electrons. The molecule has 0 saturated carbocycles. The number of halogens is 5. The van der Waals surface area contributed by atoms with Crippen molar-refractivity contribution in [2.75, 3.05) is 0 Å². The molecule has 46 heavy (non-hydrogen) atoms. The van der Waals surface area contributed by atoms with Crippen LogP contribution in [0.4, 0.5) is 13.2 Å². The summed E-state index contributed by atoms with van der Waals surface area (Å²) >= 11 is 4.11. The second kappa shape index (κ2) is 10.9. The van der Waals surface area contributed by atoms with Crippen molar-refractivity contribution in [3.63, 3.8) is 0 Å². The quantitative estimate of drug-likeness (QED) is 0.144. The molecule has 2 aromatic heterocycles. The first-order valence-corrected chi connectivity index (χ1v) is 18.7. The van der Waals surface area contributed by atoms with Gasteiger partial charge in [0.25, 0.3) is 0 Å². The van der Waals surface area contributed by atoms with Crippen LogP contribution in [0.2, 0.25) is 5.28 Å². The first-order chi connectivity index (χ1) is 22.1. The summed E-state index contributed by atoms with van der Waals surface area (Å²) in [7, 11) is 0. The van der Waals surface area contributed by atoms with E-state index in [1.54, 1.807) is 13.0 Å². The summed E-state index contributed by atoms with van der Waals surface area (Å²) in [5, 5.41) is 2.45. The first kappa shape index (κ1) is 29.1. The van der Waals surface area contributed by atoms with Crippen LogP contribution in [0.5, 0.6) is 0 Å². The van der Waals surface area contributed by atoms with E-state index < -0.39 is 31.6 Å². The van der Waals surface area contributed by atoms with E-state index in [2.05, 4.69) is 80.6 Å². The molecule has 9 heteroatoms. The molecule has 0 fully saturated rings. The molecule has 0 bridgehead atoms. The Bertz CT molecular complexity index is 2330. The Morgan fingerprint density at radius 1 is 0.696 bits per heavy atom. The summed E-state index contributed by atoms with van der Waals surface area (Å²) in [6, 6.07) is 31.4. The van der Waals surface area contributed by atoms with E-state index in [9.17, 15) is 13.2 Å². The van der Waals surface area contributed by atoms with Gasteiger partial charge in [-0.05, 0) is 0 Å². The molecule has 5 aromatic carbocycles. The number of H-pyrrole nitrogens is 1. The number of nitrogens with zero attached hydrogens (tertiary/aromatic N) is 3. The van der Waals surface area contributed by atoms with Gasteiger partial charge in [-0.15, -0.1) is 0 Å². The van der Waals surface area contributed by atoms with Crippen molar-refractivity contribution in [3.05, 3.63) is 132 Å². The van der Waals surface area contributed by atoms with Gasteiger partial charge in [0.05, 0.1) is 0 Å². The van der Waals surface area contributed by atoms with Crippen molar-refractivity contribution in [2.45, 2.75) is 24.5 Å². The summed E-state index contributed by atoms with van der Waals surface area (Å²) in [4.78, 5) is 16.9. The number of aromatic nitrogens is 4. The number of hydrogen-bond donors (Lipinski definition) is 1. The molecule has 1 aliphatic rings. The monoisotopic (exact) mass is 744 g/mol. The maximum absolute atomic E-state index is 13.8. The zero-order valence-electron chi connectivity index (χ0n) is 24.7. The SMILES string of the molecule is Cc1ccc2c(c1)-c1cc(C(F)(F)F)ccc1I2Cc1ccc(-c2ccc3c(c2)[nH]c2ccccc23)cc1-c1nc(C)nc(Cl)n1. The van der Waals surface area contributed by atoms with Crippen LogP contribution >= 0.6 is 31.4 Å². The summed E-state index contributed by atoms with van der Waals surface area (Å²) < 4.78 is 44.2. The standard InChI is InChI=1S/C37H25ClF3IN4/c1-20-7-13-31-29(15-20)30-18-25(37(39,40)41)11-14-32(30)42(31)19-24-9-8-22(16-28(24)35-43-21(2)44-36(38)46-35)23-10-12-27-26-5-3-4-6-33(26)45-34(27)17-23/h3-18,45H,19H2,1-2H3. The van der Waals surface area contributed by atoms with Crippen molar-refractivity contribution in [1.82, 2.24) is 19.9 Å². The molecule has 4 nitrogen and oxygen atoms in total. The van der Waals surface area contributed by atoms with Gasteiger partial charge in [0.15, 0.2) is 0 Å². The number of alkyl halides is 4. The van der Waals surface area contributed by atoms with Crippen molar-refractivity contribution in [2.24, 2.45) is 0 Å². The molecule has 7 aromatic rings. The molecule has 228 valence electrons. The van der Waals surface area contributed by atoms with E-state index in [4.69, 9.17) is 11.6 Å². The Hall–Kier alpha value is -4.28. The molecule has 0 atom stereocenters. The zero-order valence-corrected chi connectivity index (χ0v) is 27.6. The summed E-state index contributed by atoms with van der Waals surface area (Å²) in [5.74, 6) is 0.990. The summed E-state index contributed by atoms with van der Waals surface area (Å²) in [6.45, 7) is 3.76. The molecule has 0 spiro atoms. The molecule has 0 amide bonds. The van der Waals surface area contributed by atoms with Gasteiger partial charge in [-0.1, -0.05) is 0 Å². The second-order valence-corrected chi connectivity index (χ2v) is 16.9. The minimum absolute atomic E-state index is 0.115. The molecular formula is C37H25ClF3IN4. The van der Waals surface area contributed by atoms with Crippen LogP contribution in [0.15, 0.2) is 97.1 Å². The van der Waals surface area contributed by atoms with E-state index >= 15 is 0 Å². The average molecular weight is 745 g/mol. The molecule has 0 aliphatic carbocycles. The third kappa shape index (κ3) is 5.04. The number of nitrogens with one attached hydrogen (secondary N) is 1. The van der Waals surface area contributed by atoms with Crippen LogP contribution in [0, 0.1) is 21.0 Å². The number of hydrogen-bond acceptors (Lipinski definition) is 3. The van der Waals surface area contributed by atoms with Gasteiger partial charge in [-0.2, -0.15) is 0 Å². The molecule has 3 heterocycles. The van der Waals surface area contributed by atoms with Crippen molar-refractivity contribution in [1.29, 1.82) is 0 Å². The summed E-state index contributed by atoms with van der Waals surface area (Å²) in [6.07, 6.45) is -4.41. The zero-order chi connectivity index (χ0) is 31.7. The van der Waals surface area contributed by atoms with Gasteiger partial charge in [0, 0.05) is 0 Å². The van der Waals surface area contributed by atoms with Crippen LogP contribution in [0.25, 0.3) is 55.4 Å². The molecule has 1 aliphatic heterocycles. The number of aryl methyl sites for hydroxylation is 2.